The highest BCUT2D eigenvalue weighted by molar-refractivity contribution is 6.00. The molecule has 0 saturated carbocycles. The second-order valence-electron chi connectivity index (χ2n) is 5.62. The van der Waals surface area contributed by atoms with Gasteiger partial charge in [-0.2, -0.15) is 0 Å². The molecule has 6 heteroatoms. The first-order valence-electron chi connectivity index (χ1n) is 7.34. The topological polar surface area (TPSA) is 74.0 Å². The monoisotopic (exact) mass is 312 g/mol. The summed E-state index contributed by atoms with van der Waals surface area (Å²) in [5.41, 5.74) is 8.03. The highest BCUT2D eigenvalue weighted by Gasteiger charge is 2.32. The number of carbonyl (C=O) groups is 1. The second kappa shape index (κ2) is 5.08. The maximum absolute atomic E-state index is 12.5. The average Bonchev–Trinajstić information content (AvgIpc) is 3.01. The third-order valence-electron chi connectivity index (χ3n) is 4.08. The fourth-order valence-electron chi connectivity index (χ4n) is 2.85. The molecule has 0 bridgehead atoms. The van der Waals surface area contributed by atoms with Crippen LogP contribution in [0.2, 0.25) is 0 Å². The van der Waals surface area contributed by atoms with Gasteiger partial charge < -0.3 is 24.8 Å². The van der Waals surface area contributed by atoms with Crippen LogP contribution in [0.4, 0.5) is 11.4 Å². The zero-order chi connectivity index (χ0) is 16.0. The van der Waals surface area contributed by atoms with Crippen LogP contribution in [0.15, 0.2) is 36.4 Å². The van der Waals surface area contributed by atoms with Gasteiger partial charge in [-0.15, -0.1) is 0 Å². The van der Waals surface area contributed by atoms with Gasteiger partial charge in [-0.05, 0) is 35.9 Å². The Morgan fingerprint density at radius 2 is 1.91 bits per heavy atom. The van der Waals surface area contributed by atoms with Crippen molar-refractivity contribution >= 4 is 17.3 Å². The van der Waals surface area contributed by atoms with Gasteiger partial charge in [0, 0.05) is 19.2 Å². The highest BCUT2D eigenvalue weighted by atomic mass is 16.7. The standard InChI is InChI=1S/C17H16N2O4/c1-19-12-8-11(18)3-5-13(12)23-16(17(19)20)7-10-2-4-14-15(6-10)22-9-21-14/h2-6,8,16H,7,9,18H2,1H3. The number of nitrogen functional groups attached to an aromatic ring is 1. The van der Waals surface area contributed by atoms with Crippen molar-refractivity contribution in [3.05, 3.63) is 42.0 Å². The molecule has 2 aromatic rings. The lowest BCUT2D eigenvalue weighted by atomic mass is 10.0. The van der Waals surface area contributed by atoms with Gasteiger partial charge in [0.05, 0.1) is 5.69 Å². The van der Waals surface area contributed by atoms with Crippen LogP contribution in [0.3, 0.4) is 0 Å². The van der Waals surface area contributed by atoms with Crippen LogP contribution >= 0.6 is 0 Å². The Kier molecular flexibility index (Phi) is 3.04. The Morgan fingerprint density at radius 1 is 1.13 bits per heavy atom. The van der Waals surface area contributed by atoms with Crippen molar-refractivity contribution in [3.8, 4) is 17.2 Å². The molecule has 2 aromatic carbocycles. The van der Waals surface area contributed by atoms with E-state index >= 15 is 0 Å². The van der Waals surface area contributed by atoms with E-state index in [0.717, 1.165) is 11.3 Å². The number of hydrogen-bond acceptors (Lipinski definition) is 5. The number of nitrogens with two attached hydrogens (primary N) is 1. The summed E-state index contributed by atoms with van der Waals surface area (Å²) in [5.74, 6) is 1.99. The number of hydrogen-bond donors (Lipinski definition) is 1. The normalized spacial score (nSPS) is 18.6. The lowest BCUT2D eigenvalue weighted by Gasteiger charge is -2.32. The number of nitrogens with zero attached hydrogens (tertiary/aromatic N) is 1. The zero-order valence-corrected chi connectivity index (χ0v) is 12.6. The van der Waals surface area contributed by atoms with Gasteiger partial charge in [0.25, 0.3) is 5.91 Å². The largest absolute Gasteiger partial charge is 0.478 e. The van der Waals surface area contributed by atoms with E-state index in [9.17, 15) is 4.79 Å². The van der Waals surface area contributed by atoms with Crippen LogP contribution in [0.5, 0.6) is 17.2 Å². The molecule has 0 spiro atoms. The molecule has 1 unspecified atom stereocenters. The van der Waals surface area contributed by atoms with Crippen LogP contribution in [0.1, 0.15) is 5.56 Å². The minimum absolute atomic E-state index is 0.0965. The third-order valence-corrected chi connectivity index (χ3v) is 4.08. The van der Waals surface area contributed by atoms with Gasteiger partial charge in [-0.1, -0.05) is 6.07 Å². The first-order chi connectivity index (χ1) is 11.1. The predicted octanol–water partition coefficient (Wildman–Crippen LogP) is 1.96. The second-order valence-corrected chi connectivity index (χ2v) is 5.62. The van der Waals surface area contributed by atoms with Gasteiger partial charge in [-0.25, -0.2) is 0 Å². The number of fused-ring (bicyclic) bond motifs is 2. The summed E-state index contributed by atoms with van der Waals surface area (Å²) in [6.07, 6.45) is -0.111. The molecule has 23 heavy (non-hydrogen) atoms. The van der Waals surface area contributed by atoms with Crippen molar-refractivity contribution in [2.75, 3.05) is 24.5 Å². The van der Waals surface area contributed by atoms with Crippen molar-refractivity contribution in [3.63, 3.8) is 0 Å². The number of likely N-dealkylation sites (N-methyl/N-ethyl adjacent to an activating group) is 1. The zero-order valence-electron chi connectivity index (χ0n) is 12.6. The number of benzene rings is 2. The molecule has 4 rings (SSSR count). The van der Waals surface area contributed by atoms with Gasteiger partial charge >= 0.3 is 0 Å². The minimum Gasteiger partial charge on any atom is -0.478 e. The summed E-state index contributed by atoms with van der Waals surface area (Å²) in [5, 5.41) is 0. The first-order valence-corrected chi connectivity index (χ1v) is 7.34. The number of amides is 1. The quantitative estimate of drug-likeness (QED) is 0.858. The molecule has 118 valence electrons. The SMILES string of the molecule is CN1C(=O)C(Cc2ccc3c(c2)OCO3)Oc2ccc(N)cc21. The fourth-order valence-corrected chi connectivity index (χ4v) is 2.85. The molecule has 6 nitrogen and oxygen atoms in total. The maximum Gasteiger partial charge on any atom is 0.268 e. The Morgan fingerprint density at radius 3 is 2.78 bits per heavy atom. The molecule has 2 aliphatic rings. The summed E-state index contributed by atoms with van der Waals surface area (Å²) in [6.45, 7) is 0.231. The molecule has 0 aliphatic carbocycles. The van der Waals surface area contributed by atoms with E-state index in [0.29, 0.717) is 29.3 Å². The van der Waals surface area contributed by atoms with Crippen molar-refractivity contribution < 1.29 is 19.0 Å². The van der Waals surface area contributed by atoms with E-state index in [2.05, 4.69) is 0 Å². The lowest BCUT2D eigenvalue weighted by Crippen LogP contribution is -2.44. The molecule has 0 fully saturated rings. The Hall–Kier alpha value is -2.89. The van der Waals surface area contributed by atoms with Crippen LogP contribution < -0.4 is 24.8 Å². The molecule has 1 amide bonds. The van der Waals surface area contributed by atoms with E-state index in [4.69, 9.17) is 19.9 Å². The van der Waals surface area contributed by atoms with Gasteiger partial charge in [-0.3, -0.25) is 4.79 Å². The van der Waals surface area contributed by atoms with E-state index in [-0.39, 0.29) is 12.7 Å². The Balaban J connectivity index is 1.60. The van der Waals surface area contributed by atoms with Crippen LogP contribution in [0.25, 0.3) is 0 Å². The number of rotatable bonds is 2. The molecule has 2 aliphatic heterocycles. The van der Waals surface area contributed by atoms with E-state index in [1.165, 1.54) is 0 Å². The molecule has 2 heterocycles. The number of anilines is 2. The van der Waals surface area contributed by atoms with E-state index in [1.54, 1.807) is 30.1 Å². The summed E-state index contributed by atoms with van der Waals surface area (Å²) in [6, 6.07) is 11.0. The Labute approximate surface area is 133 Å². The molecule has 1 atom stereocenters. The summed E-state index contributed by atoms with van der Waals surface area (Å²) in [4.78, 5) is 14.1. The molecule has 0 radical (unpaired) electrons. The van der Waals surface area contributed by atoms with Crippen molar-refractivity contribution in [1.29, 1.82) is 0 Å². The fraction of sp³-hybridized carbons (Fsp3) is 0.235. The van der Waals surface area contributed by atoms with Crippen LogP contribution in [0, 0.1) is 0 Å². The van der Waals surface area contributed by atoms with Crippen molar-refractivity contribution in [1.82, 2.24) is 0 Å². The third kappa shape index (κ3) is 2.32. The summed E-state index contributed by atoms with van der Waals surface area (Å²) in [7, 11) is 1.73. The Bertz CT molecular complexity index is 790. The average molecular weight is 312 g/mol. The molecular weight excluding hydrogens is 296 g/mol. The predicted molar refractivity (Wildman–Crippen MR) is 84.9 cm³/mol. The smallest absolute Gasteiger partial charge is 0.268 e. The van der Waals surface area contributed by atoms with Crippen molar-refractivity contribution in [2.45, 2.75) is 12.5 Å². The molecule has 2 N–H and O–H groups in total. The van der Waals surface area contributed by atoms with E-state index in [1.807, 2.05) is 18.2 Å². The molecule has 0 saturated heterocycles. The summed E-state index contributed by atoms with van der Waals surface area (Å²) >= 11 is 0. The maximum atomic E-state index is 12.5. The first kappa shape index (κ1) is 13.8. The van der Waals surface area contributed by atoms with Gasteiger partial charge in [0.15, 0.2) is 17.6 Å². The van der Waals surface area contributed by atoms with Crippen molar-refractivity contribution in [2.24, 2.45) is 0 Å². The summed E-state index contributed by atoms with van der Waals surface area (Å²) < 4.78 is 16.5. The number of carbonyl (C=O) groups excluding carboxylic acids is 1. The molecule has 0 aromatic heterocycles. The lowest BCUT2D eigenvalue weighted by molar-refractivity contribution is -0.125. The highest BCUT2D eigenvalue weighted by Crippen LogP contribution is 2.37. The van der Waals surface area contributed by atoms with Gasteiger partial charge in [0.1, 0.15) is 5.75 Å². The van der Waals surface area contributed by atoms with Gasteiger partial charge in [0.2, 0.25) is 6.79 Å². The minimum atomic E-state index is -0.573. The van der Waals surface area contributed by atoms with Crippen LogP contribution in [-0.2, 0) is 11.2 Å². The van der Waals surface area contributed by atoms with Crippen LogP contribution in [-0.4, -0.2) is 25.9 Å². The number of ether oxygens (including phenoxy) is 3. The van der Waals surface area contributed by atoms with E-state index < -0.39 is 6.10 Å². The molecular formula is C17H16N2O4.